The third-order valence-corrected chi connectivity index (χ3v) is 4.02. The molecular formula is C19H16N2O5. The van der Waals surface area contributed by atoms with Crippen LogP contribution in [0.15, 0.2) is 30.3 Å². The maximum atomic E-state index is 12.8. The minimum absolute atomic E-state index is 0.00248. The van der Waals surface area contributed by atoms with E-state index >= 15 is 0 Å². The monoisotopic (exact) mass is 352 g/mol. The van der Waals surface area contributed by atoms with E-state index in [0.717, 1.165) is 0 Å². The molecule has 0 fully saturated rings. The van der Waals surface area contributed by atoms with Gasteiger partial charge in [-0.15, -0.1) is 0 Å². The van der Waals surface area contributed by atoms with Gasteiger partial charge >= 0.3 is 0 Å². The first-order valence-corrected chi connectivity index (χ1v) is 7.97. The van der Waals surface area contributed by atoms with Crippen LogP contribution < -0.4 is 10.5 Å². The van der Waals surface area contributed by atoms with Gasteiger partial charge in [0.1, 0.15) is 18.1 Å². The molecule has 3 N–H and O–H groups in total. The number of rotatable bonds is 6. The molecule has 132 valence electrons. The fourth-order valence-corrected chi connectivity index (χ4v) is 2.82. The second kappa shape index (κ2) is 7.25. The number of nitrogens with two attached hydrogens (primary N) is 1. The molecule has 0 unspecified atom stereocenters. The first kappa shape index (κ1) is 17.5. The van der Waals surface area contributed by atoms with Crippen LogP contribution in [-0.2, 0) is 4.74 Å². The van der Waals surface area contributed by atoms with Crippen LogP contribution >= 0.6 is 0 Å². The quantitative estimate of drug-likeness (QED) is 0.395. The molecule has 3 rings (SSSR count). The number of nitrogens with zero attached hydrogens (tertiary/aromatic N) is 1. The Bertz CT molecular complexity index is 930. The van der Waals surface area contributed by atoms with Crippen LogP contribution in [0.4, 0.5) is 5.69 Å². The Morgan fingerprint density at radius 3 is 2.35 bits per heavy atom. The molecule has 0 amide bonds. The molecule has 0 saturated heterocycles. The number of nitrogen functional groups attached to an aromatic ring is 1. The number of nitriles is 1. The van der Waals surface area contributed by atoms with Gasteiger partial charge in [-0.3, -0.25) is 9.59 Å². The minimum atomic E-state index is -0.453. The average Bonchev–Trinajstić information content (AvgIpc) is 2.65. The predicted octanol–water partition coefficient (Wildman–Crippen LogP) is 2.06. The highest BCUT2D eigenvalue weighted by Gasteiger charge is 2.35. The number of phenolic OH excluding ortho intramolecular Hbond substituents is 1. The van der Waals surface area contributed by atoms with Gasteiger partial charge in [-0.2, -0.15) is 5.26 Å². The Balaban J connectivity index is 1.89. The van der Waals surface area contributed by atoms with Gasteiger partial charge in [-0.1, -0.05) is 24.3 Å². The predicted molar refractivity (Wildman–Crippen MR) is 92.4 cm³/mol. The highest BCUT2D eigenvalue weighted by atomic mass is 16.5. The Morgan fingerprint density at radius 2 is 1.69 bits per heavy atom. The van der Waals surface area contributed by atoms with Gasteiger partial charge in [-0.25, -0.2) is 0 Å². The lowest BCUT2D eigenvalue weighted by Gasteiger charge is -2.21. The number of phenols is 1. The molecule has 1 aliphatic rings. The molecule has 7 heteroatoms. The van der Waals surface area contributed by atoms with E-state index in [4.69, 9.17) is 20.5 Å². The van der Waals surface area contributed by atoms with Crippen molar-refractivity contribution in [2.24, 2.45) is 0 Å². The number of hydrogen-bond acceptors (Lipinski definition) is 7. The first-order valence-electron chi connectivity index (χ1n) is 7.97. The topological polar surface area (TPSA) is 123 Å². The number of hydrogen-bond donors (Lipinski definition) is 2. The molecule has 1 aliphatic carbocycles. The van der Waals surface area contributed by atoms with E-state index < -0.39 is 11.6 Å². The lowest BCUT2D eigenvalue weighted by molar-refractivity contribution is 0.0974. The number of anilines is 1. The molecular weight excluding hydrogens is 336 g/mol. The van der Waals surface area contributed by atoms with Crippen molar-refractivity contribution >= 4 is 17.3 Å². The number of fused-ring (bicyclic) bond motifs is 2. The van der Waals surface area contributed by atoms with Gasteiger partial charge in [0.05, 0.1) is 42.5 Å². The Hall–Kier alpha value is -3.37. The van der Waals surface area contributed by atoms with Crippen molar-refractivity contribution in [3.8, 4) is 17.6 Å². The van der Waals surface area contributed by atoms with Crippen LogP contribution in [0.2, 0.25) is 0 Å². The van der Waals surface area contributed by atoms with Crippen LogP contribution in [0, 0.1) is 11.3 Å². The van der Waals surface area contributed by atoms with Crippen LogP contribution in [-0.4, -0.2) is 36.5 Å². The third-order valence-electron chi connectivity index (χ3n) is 4.02. The summed E-state index contributed by atoms with van der Waals surface area (Å²) in [7, 11) is 0. The molecule has 7 nitrogen and oxygen atoms in total. The molecule has 0 heterocycles. The van der Waals surface area contributed by atoms with E-state index in [1.165, 1.54) is 12.1 Å². The van der Waals surface area contributed by atoms with Crippen molar-refractivity contribution < 1.29 is 24.2 Å². The van der Waals surface area contributed by atoms with Crippen LogP contribution in [0.25, 0.3) is 0 Å². The van der Waals surface area contributed by atoms with Gasteiger partial charge in [0, 0.05) is 17.2 Å². The van der Waals surface area contributed by atoms with E-state index in [9.17, 15) is 14.7 Å². The van der Waals surface area contributed by atoms with E-state index in [1.54, 1.807) is 18.2 Å². The second-order valence-electron chi connectivity index (χ2n) is 5.63. The van der Waals surface area contributed by atoms with Crippen LogP contribution in [0.1, 0.15) is 38.3 Å². The summed E-state index contributed by atoms with van der Waals surface area (Å²) < 4.78 is 10.7. The fourth-order valence-electron chi connectivity index (χ4n) is 2.82. The fraction of sp³-hybridized carbons (Fsp3) is 0.211. The molecule has 0 atom stereocenters. The van der Waals surface area contributed by atoms with Crippen LogP contribution in [0.5, 0.6) is 11.5 Å². The van der Waals surface area contributed by atoms with Gasteiger partial charge in [-0.05, 0) is 0 Å². The smallest absolute Gasteiger partial charge is 0.198 e. The van der Waals surface area contributed by atoms with Crippen molar-refractivity contribution in [2.45, 2.75) is 6.42 Å². The molecule has 0 bridgehead atoms. The number of ketones is 2. The van der Waals surface area contributed by atoms with E-state index in [2.05, 4.69) is 0 Å². The second-order valence-corrected chi connectivity index (χ2v) is 5.63. The number of benzene rings is 2. The lowest BCUT2D eigenvalue weighted by atomic mass is 9.82. The largest absolute Gasteiger partial charge is 0.507 e. The molecule has 0 radical (unpaired) electrons. The summed E-state index contributed by atoms with van der Waals surface area (Å²) in [6.45, 7) is 0.621. The van der Waals surface area contributed by atoms with Crippen molar-refractivity contribution in [1.82, 2.24) is 0 Å². The standard InChI is InChI=1S/C19H16N2O5/c20-6-3-7-25-8-9-26-14-10-13(22)15-16(17(14)21)19(24)12-5-2-1-4-11(12)18(15)23/h1-2,4-5,10,22H,3,7-9,21H2. The molecule has 2 aromatic rings. The molecule has 0 aliphatic heterocycles. The van der Waals surface area contributed by atoms with E-state index in [0.29, 0.717) is 0 Å². The zero-order valence-corrected chi connectivity index (χ0v) is 13.8. The third kappa shape index (κ3) is 2.98. The van der Waals surface area contributed by atoms with E-state index in [1.807, 2.05) is 6.07 Å². The number of ether oxygens (including phenoxy) is 2. The first-order chi connectivity index (χ1) is 12.6. The van der Waals surface area contributed by atoms with Gasteiger partial charge in [0.25, 0.3) is 0 Å². The molecule has 0 aromatic heterocycles. The van der Waals surface area contributed by atoms with Gasteiger partial charge < -0.3 is 20.3 Å². The summed E-state index contributed by atoms with van der Waals surface area (Å²) in [6, 6.07) is 9.58. The zero-order chi connectivity index (χ0) is 18.7. The molecule has 2 aromatic carbocycles. The summed E-state index contributed by atoms with van der Waals surface area (Å²) in [4.78, 5) is 25.4. The van der Waals surface area contributed by atoms with Crippen molar-refractivity contribution in [3.05, 3.63) is 52.6 Å². The Kier molecular flexibility index (Phi) is 4.87. The summed E-state index contributed by atoms with van der Waals surface area (Å²) in [5.41, 5.74) is 6.38. The number of carbonyl (C=O) groups is 2. The van der Waals surface area contributed by atoms with Crippen molar-refractivity contribution in [3.63, 3.8) is 0 Å². The maximum absolute atomic E-state index is 12.8. The van der Waals surface area contributed by atoms with Crippen LogP contribution in [0.3, 0.4) is 0 Å². The summed E-state index contributed by atoms with van der Waals surface area (Å²) >= 11 is 0. The Labute approximate surface area is 149 Å². The number of carbonyl (C=O) groups excluding carboxylic acids is 2. The molecule has 0 spiro atoms. The van der Waals surface area contributed by atoms with Crippen molar-refractivity contribution in [1.29, 1.82) is 5.26 Å². The highest BCUT2D eigenvalue weighted by Crippen LogP contribution is 2.41. The van der Waals surface area contributed by atoms with E-state index in [-0.39, 0.29) is 65.7 Å². The average molecular weight is 352 g/mol. The SMILES string of the molecule is N#CCCOCCOc1cc(O)c2c(c1N)C(=O)c1ccccc1C2=O. The maximum Gasteiger partial charge on any atom is 0.198 e. The molecule has 0 saturated carbocycles. The summed E-state index contributed by atoms with van der Waals surface area (Å²) in [6.07, 6.45) is 0.276. The van der Waals surface area contributed by atoms with Crippen molar-refractivity contribution in [2.75, 3.05) is 25.6 Å². The lowest BCUT2D eigenvalue weighted by Crippen LogP contribution is -2.23. The minimum Gasteiger partial charge on any atom is -0.507 e. The number of aromatic hydroxyl groups is 1. The zero-order valence-electron chi connectivity index (χ0n) is 13.8. The normalized spacial score (nSPS) is 12.3. The summed E-state index contributed by atoms with van der Waals surface area (Å²) in [5, 5.41) is 18.7. The summed E-state index contributed by atoms with van der Waals surface area (Å²) in [5.74, 6) is -1.14. The van der Waals surface area contributed by atoms with Gasteiger partial charge in [0.15, 0.2) is 11.6 Å². The van der Waals surface area contributed by atoms with Gasteiger partial charge in [0.2, 0.25) is 0 Å². The Morgan fingerprint density at radius 1 is 1.04 bits per heavy atom. The molecule has 26 heavy (non-hydrogen) atoms. The highest BCUT2D eigenvalue weighted by molar-refractivity contribution is 6.31.